The fraction of sp³-hybridized carbons (Fsp3) is 0.727. The van der Waals surface area contributed by atoms with E-state index in [0.717, 1.165) is 0 Å². The van der Waals surface area contributed by atoms with Crippen LogP contribution in [0.3, 0.4) is 0 Å². The first-order chi connectivity index (χ1) is 6.99. The number of nitrogens with zero attached hydrogens (tertiary/aromatic N) is 1. The molecule has 4 nitrogen and oxygen atoms in total. The summed E-state index contributed by atoms with van der Waals surface area (Å²) in [5, 5.41) is 12.8. The summed E-state index contributed by atoms with van der Waals surface area (Å²) < 4.78 is 0. The van der Waals surface area contributed by atoms with Crippen molar-refractivity contribution < 1.29 is 9.90 Å². The number of carbonyl (C=O) groups is 1. The minimum Gasteiger partial charge on any atom is -0.386 e. The summed E-state index contributed by atoms with van der Waals surface area (Å²) in [5.41, 5.74) is -0.693. The maximum Gasteiger partial charge on any atom is 0.236 e. The van der Waals surface area contributed by atoms with Crippen LogP contribution in [0.4, 0.5) is 0 Å². The molecule has 15 heavy (non-hydrogen) atoms. The molecule has 0 aliphatic carbocycles. The van der Waals surface area contributed by atoms with Crippen LogP contribution in [-0.2, 0) is 4.79 Å². The molecule has 1 fully saturated rings. The van der Waals surface area contributed by atoms with Crippen molar-refractivity contribution in [2.24, 2.45) is 5.92 Å². The van der Waals surface area contributed by atoms with Gasteiger partial charge in [0.1, 0.15) is 5.60 Å². The van der Waals surface area contributed by atoms with Crippen molar-refractivity contribution in [2.45, 2.75) is 19.4 Å². The minimum atomic E-state index is -0.693. The van der Waals surface area contributed by atoms with Gasteiger partial charge in [0.15, 0.2) is 0 Å². The summed E-state index contributed by atoms with van der Waals surface area (Å²) in [7, 11) is 0. The first-order valence-corrected chi connectivity index (χ1v) is 5.14. The molecule has 0 bridgehead atoms. The van der Waals surface area contributed by atoms with Crippen LogP contribution in [0.1, 0.15) is 13.8 Å². The largest absolute Gasteiger partial charge is 0.386 e. The number of rotatable bonds is 4. The van der Waals surface area contributed by atoms with E-state index in [4.69, 9.17) is 6.42 Å². The highest BCUT2D eigenvalue weighted by Gasteiger charge is 2.45. The molecule has 4 heteroatoms. The van der Waals surface area contributed by atoms with Gasteiger partial charge in [0.05, 0.1) is 26.2 Å². The van der Waals surface area contributed by atoms with Crippen molar-refractivity contribution in [1.82, 2.24) is 10.2 Å². The Bertz CT molecular complexity index is 275. The molecule has 0 spiro atoms. The molecule has 0 aromatic rings. The maximum atomic E-state index is 11.5. The highest BCUT2D eigenvalue weighted by molar-refractivity contribution is 5.79. The average molecular weight is 210 g/mol. The molecule has 1 saturated heterocycles. The van der Waals surface area contributed by atoms with Gasteiger partial charge in [-0.1, -0.05) is 19.8 Å². The number of amides is 1. The highest BCUT2D eigenvalue weighted by Crippen LogP contribution is 2.28. The van der Waals surface area contributed by atoms with Gasteiger partial charge < -0.3 is 10.0 Å². The molecule has 0 unspecified atom stereocenters. The van der Waals surface area contributed by atoms with Crippen LogP contribution in [0.2, 0.25) is 0 Å². The molecule has 2 N–H and O–H groups in total. The second kappa shape index (κ2) is 4.65. The SMILES string of the molecule is C#CCNCC(=O)N1CC(O)(C(C)C)C1. The Labute approximate surface area is 90.6 Å². The summed E-state index contributed by atoms with van der Waals surface area (Å²) >= 11 is 0. The van der Waals surface area contributed by atoms with Crippen LogP contribution < -0.4 is 5.32 Å². The molecule has 1 aliphatic rings. The molecule has 1 amide bonds. The van der Waals surface area contributed by atoms with Crippen LogP contribution in [0.25, 0.3) is 0 Å². The topological polar surface area (TPSA) is 52.6 Å². The van der Waals surface area contributed by atoms with E-state index in [1.807, 2.05) is 13.8 Å². The number of hydrogen-bond acceptors (Lipinski definition) is 3. The lowest BCUT2D eigenvalue weighted by Gasteiger charge is -2.49. The monoisotopic (exact) mass is 210 g/mol. The number of nitrogens with one attached hydrogen (secondary N) is 1. The Morgan fingerprint density at radius 3 is 2.73 bits per heavy atom. The number of likely N-dealkylation sites (tertiary alicyclic amines) is 1. The van der Waals surface area contributed by atoms with Crippen molar-refractivity contribution in [3.63, 3.8) is 0 Å². The lowest BCUT2D eigenvalue weighted by atomic mass is 9.83. The van der Waals surface area contributed by atoms with E-state index in [0.29, 0.717) is 19.6 Å². The normalized spacial score (nSPS) is 18.5. The molecule has 0 aromatic carbocycles. The van der Waals surface area contributed by atoms with Gasteiger partial charge in [-0.2, -0.15) is 0 Å². The zero-order chi connectivity index (χ0) is 11.5. The van der Waals surface area contributed by atoms with Crippen molar-refractivity contribution in [3.05, 3.63) is 0 Å². The van der Waals surface area contributed by atoms with Gasteiger partial charge in [-0.3, -0.25) is 10.1 Å². The van der Waals surface area contributed by atoms with E-state index in [2.05, 4.69) is 11.2 Å². The van der Waals surface area contributed by atoms with Gasteiger partial charge in [0, 0.05) is 0 Å². The average Bonchev–Trinajstić information content (AvgIpc) is 2.12. The standard InChI is InChI=1S/C11H18N2O2/c1-4-5-12-6-10(14)13-7-11(15,8-13)9(2)3/h1,9,12,15H,5-8H2,2-3H3. The molecule has 0 radical (unpaired) electrons. The maximum absolute atomic E-state index is 11.5. The summed E-state index contributed by atoms with van der Waals surface area (Å²) in [5.74, 6) is 2.58. The minimum absolute atomic E-state index is 0.00410. The molecule has 0 saturated carbocycles. The van der Waals surface area contributed by atoms with Crippen LogP contribution in [0, 0.1) is 18.3 Å². The van der Waals surface area contributed by atoms with Crippen LogP contribution in [-0.4, -0.2) is 47.7 Å². The van der Waals surface area contributed by atoms with E-state index in [1.54, 1.807) is 4.90 Å². The molecule has 0 atom stereocenters. The molecule has 1 aliphatic heterocycles. The molecule has 84 valence electrons. The van der Waals surface area contributed by atoms with Gasteiger partial charge in [0.25, 0.3) is 0 Å². The summed E-state index contributed by atoms with van der Waals surface area (Å²) in [6.45, 7) is 5.42. The first-order valence-electron chi connectivity index (χ1n) is 5.14. The number of hydrogen-bond donors (Lipinski definition) is 2. The molecular formula is C11H18N2O2. The lowest BCUT2D eigenvalue weighted by molar-refractivity contribution is -0.162. The zero-order valence-corrected chi connectivity index (χ0v) is 9.29. The van der Waals surface area contributed by atoms with Crippen molar-refractivity contribution >= 4 is 5.91 Å². The third-order valence-corrected chi connectivity index (χ3v) is 2.86. The first kappa shape index (κ1) is 12.0. The summed E-state index contributed by atoms with van der Waals surface area (Å²) in [6, 6.07) is 0. The van der Waals surface area contributed by atoms with Crippen LogP contribution >= 0.6 is 0 Å². The summed E-state index contributed by atoms with van der Waals surface area (Å²) in [6.07, 6.45) is 5.04. The Morgan fingerprint density at radius 2 is 2.27 bits per heavy atom. The van der Waals surface area contributed by atoms with Crippen molar-refractivity contribution in [2.75, 3.05) is 26.2 Å². The van der Waals surface area contributed by atoms with Crippen LogP contribution in [0.15, 0.2) is 0 Å². The highest BCUT2D eigenvalue weighted by atomic mass is 16.3. The van der Waals surface area contributed by atoms with Gasteiger partial charge in [-0.15, -0.1) is 6.42 Å². The van der Waals surface area contributed by atoms with Crippen molar-refractivity contribution in [3.8, 4) is 12.3 Å². The van der Waals surface area contributed by atoms with Gasteiger partial charge in [0.2, 0.25) is 5.91 Å². The number of carbonyl (C=O) groups excluding carboxylic acids is 1. The number of aliphatic hydroxyl groups is 1. The smallest absolute Gasteiger partial charge is 0.236 e. The predicted octanol–water partition coefficient (Wildman–Crippen LogP) is -0.561. The fourth-order valence-corrected chi connectivity index (χ4v) is 1.51. The second-order valence-electron chi connectivity index (χ2n) is 4.32. The third-order valence-electron chi connectivity index (χ3n) is 2.86. The molecular weight excluding hydrogens is 192 g/mol. The molecule has 1 heterocycles. The van der Waals surface area contributed by atoms with Gasteiger partial charge >= 0.3 is 0 Å². The lowest BCUT2D eigenvalue weighted by Crippen LogP contribution is -2.66. The quantitative estimate of drug-likeness (QED) is 0.483. The van der Waals surface area contributed by atoms with E-state index in [1.165, 1.54) is 0 Å². The Kier molecular flexibility index (Phi) is 3.72. The molecule has 0 aromatic heterocycles. The van der Waals surface area contributed by atoms with E-state index < -0.39 is 5.60 Å². The van der Waals surface area contributed by atoms with Gasteiger partial charge in [-0.05, 0) is 5.92 Å². The summed E-state index contributed by atoms with van der Waals surface area (Å²) in [4.78, 5) is 13.1. The Hall–Kier alpha value is -1.05. The number of β-amino-alcohol motifs (C(OH)–C–C–N with tert-alkyl or cyclic N) is 1. The molecule has 1 rings (SSSR count). The van der Waals surface area contributed by atoms with E-state index in [9.17, 15) is 9.90 Å². The Balaban J connectivity index is 2.27. The number of terminal acetylenes is 1. The zero-order valence-electron chi connectivity index (χ0n) is 9.29. The van der Waals surface area contributed by atoms with Crippen LogP contribution in [0.5, 0.6) is 0 Å². The third kappa shape index (κ3) is 2.71. The van der Waals surface area contributed by atoms with E-state index >= 15 is 0 Å². The van der Waals surface area contributed by atoms with E-state index in [-0.39, 0.29) is 18.4 Å². The Morgan fingerprint density at radius 1 is 1.67 bits per heavy atom. The predicted molar refractivity (Wildman–Crippen MR) is 58.1 cm³/mol. The van der Waals surface area contributed by atoms with Crippen molar-refractivity contribution in [1.29, 1.82) is 0 Å². The van der Waals surface area contributed by atoms with Gasteiger partial charge in [-0.25, -0.2) is 0 Å². The fourth-order valence-electron chi connectivity index (χ4n) is 1.51. The second-order valence-corrected chi connectivity index (χ2v) is 4.32.